The Kier molecular flexibility index (Phi) is 6.96. The first-order valence-electron chi connectivity index (χ1n) is 7.51. The number of ether oxygens (including phenoxy) is 1. The van der Waals surface area contributed by atoms with Gasteiger partial charge in [-0.15, -0.1) is 11.3 Å². The number of aliphatic hydroxyl groups excluding tert-OH is 1. The minimum absolute atomic E-state index is 0.386. The number of nitrogens with zero attached hydrogens (tertiary/aromatic N) is 2. The zero-order valence-electron chi connectivity index (χ0n) is 12.3. The summed E-state index contributed by atoms with van der Waals surface area (Å²) >= 11 is 1.69. The van der Waals surface area contributed by atoms with Gasteiger partial charge in [0.1, 0.15) is 0 Å². The molecule has 1 aliphatic heterocycles. The second-order valence-corrected chi connectivity index (χ2v) is 6.37. The smallest absolute Gasteiger partial charge is 0.0900 e. The SMILES string of the molecule is CCN1CCCN(CC(O)COCc2cccs2)CC1. The molecule has 5 heteroatoms. The molecule has 1 aliphatic rings. The van der Waals surface area contributed by atoms with E-state index in [2.05, 4.69) is 22.8 Å². The molecule has 20 heavy (non-hydrogen) atoms. The third kappa shape index (κ3) is 5.50. The minimum atomic E-state index is -0.386. The summed E-state index contributed by atoms with van der Waals surface area (Å²) in [7, 11) is 0. The summed E-state index contributed by atoms with van der Waals surface area (Å²) in [6.07, 6.45) is 0.805. The van der Waals surface area contributed by atoms with Crippen molar-refractivity contribution in [2.24, 2.45) is 0 Å². The Labute approximate surface area is 126 Å². The molecular weight excluding hydrogens is 272 g/mol. The minimum Gasteiger partial charge on any atom is -0.389 e. The van der Waals surface area contributed by atoms with E-state index in [-0.39, 0.29) is 6.10 Å². The van der Waals surface area contributed by atoms with Crippen LogP contribution in [0.4, 0.5) is 0 Å². The van der Waals surface area contributed by atoms with Gasteiger partial charge in [-0.05, 0) is 37.5 Å². The van der Waals surface area contributed by atoms with E-state index in [0.29, 0.717) is 13.2 Å². The molecule has 0 saturated carbocycles. The molecule has 0 aliphatic carbocycles. The van der Waals surface area contributed by atoms with E-state index < -0.39 is 0 Å². The molecule has 1 saturated heterocycles. The predicted molar refractivity (Wildman–Crippen MR) is 83.2 cm³/mol. The number of likely N-dealkylation sites (N-methyl/N-ethyl adjacent to an activating group) is 1. The van der Waals surface area contributed by atoms with Crippen LogP contribution < -0.4 is 0 Å². The molecule has 1 N–H and O–H groups in total. The highest BCUT2D eigenvalue weighted by molar-refractivity contribution is 7.09. The average Bonchev–Trinajstić information content (AvgIpc) is 2.85. The van der Waals surface area contributed by atoms with Crippen LogP contribution in [-0.4, -0.2) is 66.9 Å². The van der Waals surface area contributed by atoms with Crippen LogP contribution in [0, 0.1) is 0 Å². The lowest BCUT2D eigenvalue weighted by Gasteiger charge is -2.23. The van der Waals surface area contributed by atoms with Crippen LogP contribution in [0.15, 0.2) is 17.5 Å². The number of rotatable bonds is 7. The second kappa shape index (κ2) is 8.74. The van der Waals surface area contributed by atoms with Crippen molar-refractivity contribution in [3.8, 4) is 0 Å². The Morgan fingerprint density at radius 3 is 2.85 bits per heavy atom. The summed E-state index contributed by atoms with van der Waals surface area (Å²) in [4.78, 5) is 6.04. The van der Waals surface area contributed by atoms with Crippen LogP contribution in [0.25, 0.3) is 0 Å². The standard InChI is InChI=1S/C15H26N2O2S/c1-2-16-6-4-7-17(9-8-16)11-14(18)12-19-13-15-5-3-10-20-15/h3,5,10,14,18H,2,4,6-9,11-13H2,1H3. The van der Waals surface area contributed by atoms with Gasteiger partial charge in [-0.3, -0.25) is 4.90 Å². The number of hydrogen-bond acceptors (Lipinski definition) is 5. The zero-order chi connectivity index (χ0) is 14.2. The Morgan fingerprint density at radius 2 is 2.10 bits per heavy atom. The zero-order valence-corrected chi connectivity index (χ0v) is 13.1. The number of β-amino-alcohol motifs (C(OH)–C–C–N with tert-alkyl or cyclic N) is 1. The fraction of sp³-hybridized carbons (Fsp3) is 0.733. The van der Waals surface area contributed by atoms with Crippen molar-refractivity contribution in [2.75, 3.05) is 45.9 Å². The summed E-state index contributed by atoms with van der Waals surface area (Å²) in [6, 6.07) is 4.09. The maximum Gasteiger partial charge on any atom is 0.0900 e. The molecule has 0 amide bonds. The Balaban J connectivity index is 1.62. The van der Waals surface area contributed by atoms with Crippen LogP contribution in [-0.2, 0) is 11.3 Å². The molecule has 2 heterocycles. The second-order valence-electron chi connectivity index (χ2n) is 5.34. The highest BCUT2D eigenvalue weighted by atomic mass is 32.1. The third-order valence-corrected chi connectivity index (χ3v) is 4.58. The first kappa shape index (κ1) is 15.9. The first-order chi connectivity index (χ1) is 9.78. The van der Waals surface area contributed by atoms with Crippen LogP contribution in [0.1, 0.15) is 18.2 Å². The lowest BCUT2D eigenvalue weighted by molar-refractivity contribution is 0.0113. The monoisotopic (exact) mass is 298 g/mol. The molecule has 1 fully saturated rings. The van der Waals surface area contributed by atoms with Gasteiger partial charge in [0, 0.05) is 24.5 Å². The lowest BCUT2D eigenvalue weighted by atomic mass is 10.3. The number of aliphatic hydroxyl groups is 1. The van der Waals surface area contributed by atoms with E-state index in [1.54, 1.807) is 11.3 Å². The molecular formula is C15H26N2O2S. The molecule has 0 spiro atoms. The van der Waals surface area contributed by atoms with Crippen molar-refractivity contribution in [1.82, 2.24) is 9.80 Å². The summed E-state index contributed by atoms with van der Waals surface area (Å²) < 4.78 is 5.58. The van der Waals surface area contributed by atoms with Crippen molar-refractivity contribution in [2.45, 2.75) is 26.1 Å². The van der Waals surface area contributed by atoms with E-state index in [4.69, 9.17) is 4.74 Å². The van der Waals surface area contributed by atoms with Gasteiger partial charge in [-0.25, -0.2) is 0 Å². The molecule has 1 unspecified atom stereocenters. The van der Waals surface area contributed by atoms with Crippen molar-refractivity contribution < 1.29 is 9.84 Å². The predicted octanol–water partition coefficient (Wildman–Crippen LogP) is 1.65. The van der Waals surface area contributed by atoms with Gasteiger partial charge in [-0.2, -0.15) is 0 Å². The Morgan fingerprint density at radius 1 is 1.30 bits per heavy atom. The highest BCUT2D eigenvalue weighted by Crippen LogP contribution is 2.10. The highest BCUT2D eigenvalue weighted by Gasteiger charge is 2.16. The number of thiophene rings is 1. The summed E-state index contributed by atoms with van der Waals surface area (Å²) in [6.45, 7) is 9.51. The molecule has 1 aromatic heterocycles. The van der Waals surface area contributed by atoms with Crippen molar-refractivity contribution in [3.05, 3.63) is 22.4 Å². The van der Waals surface area contributed by atoms with E-state index >= 15 is 0 Å². The van der Waals surface area contributed by atoms with E-state index in [1.165, 1.54) is 17.8 Å². The van der Waals surface area contributed by atoms with Gasteiger partial charge in [-0.1, -0.05) is 13.0 Å². The first-order valence-corrected chi connectivity index (χ1v) is 8.38. The van der Waals surface area contributed by atoms with Crippen LogP contribution in [0.3, 0.4) is 0 Å². The number of hydrogen-bond donors (Lipinski definition) is 1. The van der Waals surface area contributed by atoms with Crippen molar-refractivity contribution in [3.63, 3.8) is 0 Å². The van der Waals surface area contributed by atoms with Gasteiger partial charge in [0.2, 0.25) is 0 Å². The molecule has 4 nitrogen and oxygen atoms in total. The van der Waals surface area contributed by atoms with E-state index in [9.17, 15) is 5.11 Å². The summed E-state index contributed by atoms with van der Waals surface area (Å²) in [5, 5.41) is 12.1. The fourth-order valence-electron chi connectivity index (χ4n) is 2.56. The summed E-state index contributed by atoms with van der Waals surface area (Å²) in [5.74, 6) is 0. The summed E-state index contributed by atoms with van der Waals surface area (Å²) in [5.41, 5.74) is 0. The largest absolute Gasteiger partial charge is 0.389 e. The van der Waals surface area contributed by atoms with Gasteiger partial charge in [0.05, 0.1) is 19.3 Å². The van der Waals surface area contributed by atoms with Crippen LogP contribution >= 0.6 is 11.3 Å². The molecule has 1 atom stereocenters. The van der Waals surface area contributed by atoms with Crippen LogP contribution in [0.5, 0.6) is 0 Å². The normalized spacial score (nSPS) is 19.9. The van der Waals surface area contributed by atoms with E-state index in [1.807, 2.05) is 11.4 Å². The third-order valence-electron chi connectivity index (χ3n) is 3.73. The molecule has 0 radical (unpaired) electrons. The van der Waals surface area contributed by atoms with Crippen molar-refractivity contribution in [1.29, 1.82) is 0 Å². The van der Waals surface area contributed by atoms with Crippen LogP contribution in [0.2, 0.25) is 0 Å². The Bertz CT molecular complexity index is 359. The quantitative estimate of drug-likeness (QED) is 0.830. The van der Waals surface area contributed by atoms with Gasteiger partial charge >= 0.3 is 0 Å². The topological polar surface area (TPSA) is 35.9 Å². The maximum atomic E-state index is 10.1. The molecule has 0 bridgehead atoms. The molecule has 114 valence electrons. The van der Waals surface area contributed by atoms with Gasteiger partial charge in [0.15, 0.2) is 0 Å². The molecule has 2 rings (SSSR count). The van der Waals surface area contributed by atoms with Crippen molar-refractivity contribution >= 4 is 11.3 Å². The Hall–Kier alpha value is -0.460. The molecule has 0 aromatic carbocycles. The average molecular weight is 298 g/mol. The lowest BCUT2D eigenvalue weighted by Crippen LogP contribution is -2.37. The van der Waals surface area contributed by atoms with Gasteiger partial charge < -0.3 is 14.7 Å². The molecule has 1 aromatic rings. The van der Waals surface area contributed by atoms with Gasteiger partial charge in [0.25, 0.3) is 0 Å². The fourth-order valence-corrected chi connectivity index (χ4v) is 3.20. The maximum absolute atomic E-state index is 10.1. The van der Waals surface area contributed by atoms with E-state index in [0.717, 1.165) is 32.7 Å².